The molecule has 2 N–H and O–H groups in total. The third-order valence-electron chi connectivity index (χ3n) is 3.37. The molecule has 2 atom stereocenters. The molecule has 1 aliphatic heterocycles. The van der Waals surface area contributed by atoms with Gasteiger partial charge in [0, 0.05) is 18.0 Å². The van der Waals surface area contributed by atoms with Gasteiger partial charge in [0.25, 0.3) is 0 Å². The quantitative estimate of drug-likeness (QED) is 0.852. The lowest BCUT2D eigenvalue weighted by atomic mass is 9.93. The van der Waals surface area contributed by atoms with Gasteiger partial charge >= 0.3 is 0 Å². The van der Waals surface area contributed by atoms with E-state index in [1.54, 1.807) is 0 Å². The second kappa shape index (κ2) is 4.63. The van der Waals surface area contributed by atoms with Gasteiger partial charge in [0.2, 0.25) is 0 Å². The van der Waals surface area contributed by atoms with Crippen molar-refractivity contribution in [2.45, 2.75) is 18.6 Å². The average Bonchev–Trinajstić information content (AvgIpc) is 2.42. The minimum Gasteiger partial charge on any atom is -0.485 e. The van der Waals surface area contributed by atoms with Gasteiger partial charge in [-0.15, -0.1) is 0 Å². The number of nitrogens with two attached hydrogens (primary N) is 1. The SMILES string of the molecule is N[C@@H]1CC(c2ccc(F)c(F)c2)Oc2ccccc21. The largest absolute Gasteiger partial charge is 0.485 e. The molecule has 2 aromatic rings. The molecule has 0 aromatic heterocycles. The Morgan fingerprint density at radius 1 is 1.05 bits per heavy atom. The zero-order valence-corrected chi connectivity index (χ0v) is 10.1. The molecule has 0 aliphatic carbocycles. The number of ether oxygens (including phenoxy) is 1. The van der Waals surface area contributed by atoms with Gasteiger partial charge in [0.05, 0.1) is 0 Å². The van der Waals surface area contributed by atoms with Gasteiger partial charge in [0.15, 0.2) is 11.6 Å². The fraction of sp³-hybridized carbons (Fsp3) is 0.200. The molecule has 0 saturated carbocycles. The molecule has 4 heteroatoms. The van der Waals surface area contributed by atoms with E-state index in [9.17, 15) is 8.78 Å². The Balaban J connectivity index is 1.94. The maximum atomic E-state index is 13.3. The highest BCUT2D eigenvalue weighted by molar-refractivity contribution is 5.39. The standard InChI is InChI=1S/C15H13F2NO/c16-11-6-5-9(7-12(11)17)15-8-13(18)10-3-1-2-4-14(10)19-15/h1-7,13,15H,8,18H2/t13-,15?/m1/s1. The fourth-order valence-corrected chi connectivity index (χ4v) is 2.37. The smallest absolute Gasteiger partial charge is 0.159 e. The molecule has 2 aromatic carbocycles. The molecule has 3 rings (SSSR count). The molecule has 0 amide bonds. The van der Waals surface area contributed by atoms with E-state index in [0.717, 1.165) is 11.6 Å². The van der Waals surface area contributed by atoms with E-state index in [0.29, 0.717) is 17.7 Å². The lowest BCUT2D eigenvalue weighted by Gasteiger charge is -2.30. The lowest BCUT2D eigenvalue weighted by Crippen LogP contribution is -2.24. The molecule has 1 aliphatic rings. The van der Waals surface area contributed by atoms with Crippen LogP contribution < -0.4 is 10.5 Å². The fourth-order valence-electron chi connectivity index (χ4n) is 2.37. The van der Waals surface area contributed by atoms with Crippen molar-refractivity contribution in [3.63, 3.8) is 0 Å². The Hall–Kier alpha value is -1.94. The average molecular weight is 261 g/mol. The first-order valence-electron chi connectivity index (χ1n) is 6.11. The van der Waals surface area contributed by atoms with E-state index in [1.165, 1.54) is 12.1 Å². The summed E-state index contributed by atoms with van der Waals surface area (Å²) in [7, 11) is 0. The van der Waals surface area contributed by atoms with E-state index >= 15 is 0 Å². The Labute approximate surface area is 109 Å². The summed E-state index contributed by atoms with van der Waals surface area (Å²) in [6, 6.07) is 11.2. The molecule has 19 heavy (non-hydrogen) atoms. The lowest BCUT2D eigenvalue weighted by molar-refractivity contribution is 0.161. The second-order valence-corrected chi connectivity index (χ2v) is 4.66. The van der Waals surface area contributed by atoms with E-state index in [1.807, 2.05) is 24.3 Å². The molecule has 0 saturated heterocycles. The van der Waals surface area contributed by atoms with Crippen LogP contribution in [0.4, 0.5) is 8.78 Å². The van der Waals surface area contributed by atoms with Gasteiger partial charge in [-0.1, -0.05) is 24.3 Å². The van der Waals surface area contributed by atoms with Crippen molar-refractivity contribution in [2.75, 3.05) is 0 Å². The molecule has 0 radical (unpaired) electrons. The van der Waals surface area contributed by atoms with Crippen LogP contribution in [0.5, 0.6) is 5.75 Å². The normalized spacial score (nSPS) is 21.6. The number of hydrogen-bond donors (Lipinski definition) is 1. The maximum absolute atomic E-state index is 13.3. The molecule has 1 unspecified atom stereocenters. The summed E-state index contributed by atoms with van der Waals surface area (Å²) in [4.78, 5) is 0. The van der Waals surface area contributed by atoms with Crippen molar-refractivity contribution in [1.29, 1.82) is 0 Å². The highest BCUT2D eigenvalue weighted by atomic mass is 19.2. The summed E-state index contributed by atoms with van der Waals surface area (Å²) >= 11 is 0. The van der Waals surface area contributed by atoms with Gasteiger partial charge in [-0.25, -0.2) is 8.78 Å². The minimum atomic E-state index is -0.867. The monoisotopic (exact) mass is 261 g/mol. The predicted molar refractivity (Wildman–Crippen MR) is 67.7 cm³/mol. The van der Waals surface area contributed by atoms with Crippen LogP contribution >= 0.6 is 0 Å². The number of para-hydroxylation sites is 1. The second-order valence-electron chi connectivity index (χ2n) is 4.66. The zero-order valence-electron chi connectivity index (χ0n) is 10.1. The summed E-state index contributed by atoms with van der Waals surface area (Å²) in [5, 5.41) is 0. The number of benzene rings is 2. The van der Waals surface area contributed by atoms with Crippen LogP contribution in [0.25, 0.3) is 0 Å². The molecular weight excluding hydrogens is 248 g/mol. The van der Waals surface area contributed by atoms with Crippen LogP contribution in [0.15, 0.2) is 42.5 Å². The Morgan fingerprint density at radius 2 is 1.84 bits per heavy atom. The summed E-state index contributed by atoms with van der Waals surface area (Å²) in [6.45, 7) is 0. The van der Waals surface area contributed by atoms with Crippen LogP contribution in [0.1, 0.15) is 29.7 Å². The summed E-state index contributed by atoms with van der Waals surface area (Å²) < 4.78 is 32.0. The van der Waals surface area contributed by atoms with Gasteiger partial charge in [-0.2, -0.15) is 0 Å². The number of fused-ring (bicyclic) bond motifs is 1. The van der Waals surface area contributed by atoms with Crippen molar-refractivity contribution in [3.8, 4) is 5.75 Å². The Morgan fingerprint density at radius 3 is 2.63 bits per heavy atom. The zero-order chi connectivity index (χ0) is 13.4. The maximum Gasteiger partial charge on any atom is 0.159 e. The van der Waals surface area contributed by atoms with Crippen molar-refractivity contribution in [2.24, 2.45) is 5.73 Å². The topological polar surface area (TPSA) is 35.2 Å². The molecular formula is C15H13F2NO. The molecule has 0 spiro atoms. The molecule has 0 fully saturated rings. The highest BCUT2D eigenvalue weighted by Crippen LogP contribution is 2.39. The first kappa shape index (κ1) is 12.1. The molecule has 98 valence electrons. The third kappa shape index (κ3) is 2.19. The first-order chi connectivity index (χ1) is 9.15. The predicted octanol–water partition coefficient (Wildman–Crippen LogP) is 3.49. The Kier molecular flexibility index (Phi) is 2.95. The van der Waals surface area contributed by atoms with Gasteiger partial charge in [0.1, 0.15) is 11.9 Å². The van der Waals surface area contributed by atoms with Crippen LogP contribution in [0, 0.1) is 11.6 Å². The summed E-state index contributed by atoms with van der Waals surface area (Å²) in [5.74, 6) is -1.02. The van der Waals surface area contributed by atoms with Gasteiger partial charge in [-0.3, -0.25) is 0 Å². The van der Waals surface area contributed by atoms with E-state index in [-0.39, 0.29) is 12.1 Å². The Bertz CT molecular complexity index is 615. The molecule has 0 bridgehead atoms. The van der Waals surface area contributed by atoms with E-state index in [2.05, 4.69) is 0 Å². The molecule has 1 heterocycles. The van der Waals surface area contributed by atoms with E-state index in [4.69, 9.17) is 10.5 Å². The minimum absolute atomic E-state index is 0.164. The summed E-state index contributed by atoms with van der Waals surface area (Å²) in [6.07, 6.45) is 0.197. The number of halogens is 2. The summed E-state index contributed by atoms with van der Waals surface area (Å²) in [5.41, 5.74) is 7.64. The van der Waals surface area contributed by atoms with Crippen molar-refractivity contribution in [3.05, 3.63) is 65.2 Å². The van der Waals surface area contributed by atoms with Gasteiger partial charge in [-0.05, 0) is 23.8 Å². The van der Waals surface area contributed by atoms with Crippen LogP contribution in [-0.4, -0.2) is 0 Å². The van der Waals surface area contributed by atoms with Crippen molar-refractivity contribution >= 4 is 0 Å². The van der Waals surface area contributed by atoms with Crippen molar-refractivity contribution in [1.82, 2.24) is 0 Å². The van der Waals surface area contributed by atoms with Crippen LogP contribution in [0.2, 0.25) is 0 Å². The van der Waals surface area contributed by atoms with Crippen molar-refractivity contribution < 1.29 is 13.5 Å². The van der Waals surface area contributed by atoms with Crippen LogP contribution in [-0.2, 0) is 0 Å². The third-order valence-corrected chi connectivity index (χ3v) is 3.37. The van der Waals surface area contributed by atoms with Gasteiger partial charge < -0.3 is 10.5 Å². The van der Waals surface area contributed by atoms with E-state index < -0.39 is 11.6 Å². The highest BCUT2D eigenvalue weighted by Gasteiger charge is 2.27. The first-order valence-corrected chi connectivity index (χ1v) is 6.11. The number of rotatable bonds is 1. The van der Waals surface area contributed by atoms with Crippen LogP contribution in [0.3, 0.4) is 0 Å². The number of hydrogen-bond acceptors (Lipinski definition) is 2. The molecule has 2 nitrogen and oxygen atoms in total.